The maximum Gasteiger partial charge on any atom is 0.255 e. The molecule has 2 heterocycles. The number of piperazine rings is 1. The Morgan fingerprint density at radius 3 is 2.55 bits per heavy atom. The molecule has 5 nitrogen and oxygen atoms in total. The Morgan fingerprint density at radius 1 is 1.00 bits per heavy atom. The number of nitrogens with one attached hydrogen (secondary N) is 1. The Hall–Kier alpha value is -2.61. The molecule has 1 fully saturated rings. The molecule has 0 unspecified atom stereocenters. The summed E-state index contributed by atoms with van der Waals surface area (Å²) in [4.78, 5) is 30.8. The number of aryl methyl sites for hydroxylation is 1. The van der Waals surface area contributed by atoms with E-state index in [0.717, 1.165) is 33.0 Å². The largest absolute Gasteiger partial charge is 0.336 e. The van der Waals surface area contributed by atoms with Gasteiger partial charge in [0.2, 0.25) is 5.91 Å². The minimum Gasteiger partial charge on any atom is -0.336 e. The Kier molecular flexibility index (Phi) is 7.85. The summed E-state index contributed by atoms with van der Waals surface area (Å²) in [5.41, 5.74) is 5.16. The van der Waals surface area contributed by atoms with Crippen molar-refractivity contribution in [3.8, 4) is 0 Å². The van der Waals surface area contributed by atoms with Gasteiger partial charge in [0.1, 0.15) is 0 Å². The molecule has 33 heavy (non-hydrogen) atoms. The molecule has 0 saturated carbocycles. The van der Waals surface area contributed by atoms with Crippen molar-refractivity contribution in [1.82, 2.24) is 9.80 Å². The van der Waals surface area contributed by atoms with Crippen LogP contribution in [0.3, 0.4) is 0 Å². The van der Waals surface area contributed by atoms with Crippen molar-refractivity contribution in [3.63, 3.8) is 0 Å². The van der Waals surface area contributed by atoms with Crippen LogP contribution in [-0.2, 0) is 10.5 Å². The first-order valence-electron chi connectivity index (χ1n) is 11.1. The van der Waals surface area contributed by atoms with Gasteiger partial charge in [-0.15, -0.1) is 11.8 Å². The van der Waals surface area contributed by atoms with E-state index >= 15 is 0 Å². The monoisotopic (exact) mass is 479 g/mol. The Morgan fingerprint density at radius 2 is 1.79 bits per heavy atom. The van der Waals surface area contributed by atoms with E-state index in [2.05, 4.69) is 27.0 Å². The third kappa shape index (κ3) is 6.05. The molecule has 4 rings (SSSR count). The van der Waals surface area contributed by atoms with Crippen LogP contribution in [0.15, 0.2) is 64.2 Å². The number of rotatable bonds is 7. The molecule has 0 spiro atoms. The SMILES string of the molecule is Cc1cccc(NC(=O)CN2CCN(C(=O)c3ccccc3SCc3ccsc3)CC2)c1C. The summed E-state index contributed by atoms with van der Waals surface area (Å²) in [6.45, 7) is 7.03. The first-order chi connectivity index (χ1) is 16.0. The van der Waals surface area contributed by atoms with Gasteiger partial charge >= 0.3 is 0 Å². The van der Waals surface area contributed by atoms with E-state index in [1.165, 1.54) is 5.56 Å². The number of carbonyl (C=O) groups excluding carboxylic acids is 2. The topological polar surface area (TPSA) is 52.7 Å². The lowest BCUT2D eigenvalue weighted by molar-refractivity contribution is -0.117. The molecule has 0 radical (unpaired) electrons. The molecule has 172 valence electrons. The summed E-state index contributed by atoms with van der Waals surface area (Å²) in [6, 6.07) is 15.9. The van der Waals surface area contributed by atoms with Gasteiger partial charge in [0.05, 0.1) is 12.1 Å². The van der Waals surface area contributed by atoms with Gasteiger partial charge in [-0.25, -0.2) is 0 Å². The predicted molar refractivity (Wildman–Crippen MR) is 137 cm³/mol. The smallest absolute Gasteiger partial charge is 0.255 e. The number of thiophene rings is 1. The van der Waals surface area contributed by atoms with Crippen LogP contribution in [0.25, 0.3) is 0 Å². The second-order valence-corrected chi connectivity index (χ2v) is 10.1. The van der Waals surface area contributed by atoms with Gasteiger partial charge in [-0.1, -0.05) is 24.3 Å². The van der Waals surface area contributed by atoms with Crippen LogP contribution >= 0.6 is 23.1 Å². The third-order valence-electron chi connectivity index (χ3n) is 6.00. The number of amides is 2. The molecule has 1 saturated heterocycles. The summed E-state index contributed by atoms with van der Waals surface area (Å²) in [5, 5.41) is 7.25. The van der Waals surface area contributed by atoms with Crippen LogP contribution in [0, 0.1) is 13.8 Å². The van der Waals surface area contributed by atoms with Crippen LogP contribution in [0.1, 0.15) is 27.0 Å². The van der Waals surface area contributed by atoms with Crippen molar-refractivity contribution in [3.05, 3.63) is 81.5 Å². The van der Waals surface area contributed by atoms with Crippen molar-refractivity contribution in [2.75, 3.05) is 38.0 Å². The first-order valence-corrected chi connectivity index (χ1v) is 13.0. The molecule has 0 bridgehead atoms. The number of anilines is 1. The number of carbonyl (C=O) groups is 2. The molecule has 2 aromatic carbocycles. The van der Waals surface area contributed by atoms with E-state index in [1.807, 2.05) is 61.2 Å². The lowest BCUT2D eigenvalue weighted by Crippen LogP contribution is -2.50. The molecule has 3 aromatic rings. The van der Waals surface area contributed by atoms with Gasteiger partial charge in [0.15, 0.2) is 0 Å². The molecule has 1 N–H and O–H groups in total. The summed E-state index contributed by atoms with van der Waals surface area (Å²) in [5.74, 6) is 0.915. The fourth-order valence-electron chi connectivity index (χ4n) is 3.86. The Bertz CT molecular complexity index is 1110. The van der Waals surface area contributed by atoms with Crippen LogP contribution in [0.5, 0.6) is 0 Å². The van der Waals surface area contributed by atoms with Gasteiger partial charge in [0, 0.05) is 42.5 Å². The molecule has 1 aliphatic rings. The molecular formula is C26H29N3O2S2. The van der Waals surface area contributed by atoms with Crippen LogP contribution < -0.4 is 5.32 Å². The van der Waals surface area contributed by atoms with E-state index in [1.54, 1.807) is 23.1 Å². The predicted octanol–water partition coefficient (Wildman–Crippen LogP) is 5.05. The maximum atomic E-state index is 13.2. The Balaban J connectivity index is 1.30. The highest BCUT2D eigenvalue weighted by Crippen LogP contribution is 2.28. The second kappa shape index (κ2) is 11.0. The molecule has 2 amide bonds. The van der Waals surface area contributed by atoms with E-state index in [4.69, 9.17) is 0 Å². The number of hydrogen-bond donors (Lipinski definition) is 1. The number of benzene rings is 2. The zero-order valence-electron chi connectivity index (χ0n) is 19.0. The lowest BCUT2D eigenvalue weighted by atomic mass is 10.1. The normalized spacial score (nSPS) is 14.3. The van der Waals surface area contributed by atoms with Gasteiger partial charge in [-0.05, 0) is 65.6 Å². The highest BCUT2D eigenvalue weighted by atomic mass is 32.2. The van der Waals surface area contributed by atoms with Crippen molar-refractivity contribution in [1.29, 1.82) is 0 Å². The minimum atomic E-state index is -0.0151. The molecule has 1 aliphatic heterocycles. The number of nitrogens with zero attached hydrogens (tertiary/aromatic N) is 2. The quantitative estimate of drug-likeness (QED) is 0.482. The third-order valence-corrected chi connectivity index (χ3v) is 7.87. The molecule has 1 aromatic heterocycles. The first kappa shape index (κ1) is 23.5. The summed E-state index contributed by atoms with van der Waals surface area (Å²) in [7, 11) is 0. The van der Waals surface area contributed by atoms with Gasteiger partial charge in [-0.2, -0.15) is 11.3 Å². The standard InChI is InChI=1S/C26H29N3O2S2/c1-19-6-5-8-23(20(19)2)27-25(30)16-28-11-13-29(14-12-28)26(31)22-7-3-4-9-24(22)33-18-21-10-15-32-17-21/h3-10,15,17H,11-14,16,18H2,1-2H3,(H,27,30). The Labute approximate surface area is 203 Å². The molecule has 7 heteroatoms. The van der Waals surface area contributed by atoms with Gasteiger partial charge < -0.3 is 10.2 Å². The average Bonchev–Trinajstić information content (AvgIpc) is 3.35. The highest BCUT2D eigenvalue weighted by Gasteiger charge is 2.25. The highest BCUT2D eigenvalue weighted by molar-refractivity contribution is 7.98. The fraction of sp³-hybridized carbons (Fsp3) is 0.308. The van der Waals surface area contributed by atoms with Crippen molar-refractivity contribution < 1.29 is 9.59 Å². The van der Waals surface area contributed by atoms with Crippen LogP contribution in [-0.4, -0.2) is 54.3 Å². The summed E-state index contributed by atoms with van der Waals surface area (Å²) < 4.78 is 0. The van der Waals surface area contributed by atoms with E-state index in [9.17, 15) is 9.59 Å². The molecule has 0 atom stereocenters. The van der Waals surface area contributed by atoms with E-state index < -0.39 is 0 Å². The number of thioether (sulfide) groups is 1. The molecular weight excluding hydrogens is 450 g/mol. The van der Waals surface area contributed by atoms with Gasteiger partial charge in [0.25, 0.3) is 5.91 Å². The van der Waals surface area contributed by atoms with Crippen molar-refractivity contribution in [2.45, 2.75) is 24.5 Å². The zero-order chi connectivity index (χ0) is 23.2. The lowest BCUT2D eigenvalue weighted by Gasteiger charge is -2.34. The second-order valence-electron chi connectivity index (χ2n) is 8.28. The van der Waals surface area contributed by atoms with E-state index in [0.29, 0.717) is 32.7 Å². The summed E-state index contributed by atoms with van der Waals surface area (Å²) >= 11 is 3.40. The molecule has 0 aliphatic carbocycles. The minimum absolute atomic E-state index is 0.0151. The zero-order valence-corrected chi connectivity index (χ0v) is 20.7. The average molecular weight is 480 g/mol. The van der Waals surface area contributed by atoms with Crippen LogP contribution in [0.4, 0.5) is 5.69 Å². The van der Waals surface area contributed by atoms with Crippen molar-refractivity contribution >= 4 is 40.6 Å². The van der Waals surface area contributed by atoms with Gasteiger partial charge in [-0.3, -0.25) is 14.5 Å². The van der Waals surface area contributed by atoms with Crippen LogP contribution in [0.2, 0.25) is 0 Å². The number of hydrogen-bond acceptors (Lipinski definition) is 5. The van der Waals surface area contributed by atoms with Crippen molar-refractivity contribution in [2.24, 2.45) is 0 Å². The maximum absolute atomic E-state index is 13.2. The fourth-order valence-corrected chi connectivity index (χ4v) is 5.63. The summed E-state index contributed by atoms with van der Waals surface area (Å²) in [6.07, 6.45) is 0. The van der Waals surface area contributed by atoms with E-state index in [-0.39, 0.29) is 11.8 Å².